The maximum atomic E-state index is 3.18. The van der Waals surface area contributed by atoms with E-state index in [0.717, 1.165) is 12.3 Å². The van der Waals surface area contributed by atoms with E-state index in [1.807, 2.05) is 0 Å². The van der Waals surface area contributed by atoms with Gasteiger partial charge in [-0.1, -0.05) is 12.8 Å². The average molecular weight is 92.1 g/mol. The van der Waals surface area contributed by atoms with Gasteiger partial charge < -0.3 is 0 Å². The van der Waals surface area contributed by atoms with Gasteiger partial charge in [0.05, 0.1) is 0 Å². The summed E-state index contributed by atoms with van der Waals surface area (Å²) >= 11 is 0. The third kappa shape index (κ3) is 0.291. The molecule has 0 aromatic heterocycles. The molecule has 0 aliphatic heterocycles. The van der Waals surface area contributed by atoms with Crippen LogP contribution in [0.1, 0.15) is 19.8 Å². The van der Waals surface area contributed by atoms with Crippen LogP contribution in [0.2, 0.25) is 0 Å². The summed E-state index contributed by atoms with van der Waals surface area (Å²) in [6, 6.07) is 0. The Labute approximate surface area is 43.9 Å². The molecule has 2 aliphatic carbocycles. The summed E-state index contributed by atoms with van der Waals surface area (Å²) in [5.41, 5.74) is 0.639. The zero-order valence-corrected chi connectivity index (χ0v) is 4.49. The molecule has 2 rings (SSSR count). The Balaban J connectivity index is 2.32. The van der Waals surface area contributed by atoms with Crippen LogP contribution >= 0.6 is 0 Å². The van der Waals surface area contributed by atoms with Crippen molar-refractivity contribution in [2.24, 2.45) is 11.3 Å². The van der Waals surface area contributed by atoms with Crippen molar-refractivity contribution in [1.82, 2.24) is 0 Å². The highest BCUT2D eigenvalue weighted by atomic mass is 14.5. The molecule has 2 aliphatic rings. The Morgan fingerprint density at radius 2 is 2.57 bits per heavy atom. The molecular weight excluding hydrogens is 84.1 g/mol. The minimum atomic E-state index is 0.639. The van der Waals surface area contributed by atoms with Crippen molar-refractivity contribution in [2.45, 2.75) is 19.8 Å². The molecule has 36 valence electrons. The molecule has 1 saturated carbocycles. The number of fused-ring (bicyclic) bond motifs is 1. The number of rotatable bonds is 0. The quantitative estimate of drug-likeness (QED) is 0.396. The van der Waals surface area contributed by atoms with E-state index in [1.54, 1.807) is 0 Å². The van der Waals surface area contributed by atoms with Crippen LogP contribution in [0.25, 0.3) is 0 Å². The van der Waals surface area contributed by atoms with Crippen LogP contribution < -0.4 is 0 Å². The van der Waals surface area contributed by atoms with Crippen molar-refractivity contribution in [3.63, 3.8) is 0 Å². The molecule has 2 atom stereocenters. The highest BCUT2D eigenvalue weighted by Gasteiger charge is 2.50. The fourth-order valence-electron chi connectivity index (χ4n) is 1.20. The van der Waals surface area contributed by atoms with Crippen LogP contribution in [-0.4, -0.2) is 0 Å². The molecule has 0 saturated heterocycles. The second-order valence-corrected chi connectivity index (χ2v) is 2.91. The van der Waals surface area contributed by atoms with Crippen LogP contribution in [0.15, 0.2) is 0 Å². The maximum absolute atomic E-state index is 3.18. The Hall–Kier alpha value is -0.440. The molecule has 0 radical (unpaired) electrons. The first-order chi connectivity index (χ1) is 3.31. The molecule has 0 aromatic rings. The maximum Gasteiger partial charge on any atom is 0.0272 e. The Morgan fingerprint density at radius 3 is 2.71 bits per heavy atom. The zero-order chi connectivity index (χ0) is 4.91. The normalized spacial score (nSPS) is 52.4. The third-order valence-electron chi connectivity index (χ3n) is 2.12. The molecule has 0 heteroatoms. The zero-order valence-electron chi connectivity index (χ0n) is 4.49. The van der Waals surface area contributed by atoms with Gasteiger partial charge in [0.1, 0.15) is 0 Å². The average Bonchev–Trinajstić information content (AvgIpc) is 2.09. The summed E-state index contributed by atoms with van der Waals surface area (Å²) < 4.78 is 0. The molecule has 1 fully saturated rings. The molecule has 0 aromatic carbocycles. The Morgan fingerprint density at radius 1 is 1.71 bits per heavy atom. The minimum absolute atomic E-state index is 0.639. The molecule has 0 spiro atoms. The molecule has 0 amide bonds. The molecule has 2 unspecified atom stereocenters. The lowest BCUT2D eigenvalue weighted by Gasteiger charge is -1.94. The topological polar surface area (TPSA) is 0 Å². The first kappa shape index (κ1) is 3.55. The highest BCUT2D eigenvalue weighted by molar-refractivity contribution is 5.27. The predicted molar refractivity (Wildman–Crippen MR) is 28.6 cm³/mol. The monoisotopic (exact) mass is 92.1 g/mol. The number of hydrogen-bond acceptors (Lipinski definition) is 0. The minimum Gasteiger partial charge on any atom is -0.102 e. The van der Waals surface area contributed by atoms with Gasteiger partial charge >= 0.3 is 0 Å². The Kier molecular flexibility index (Phi) is 0.371. The summed E-state index contributed by atoms with van der Waals surface area (Å²) in [6.07, 6.45) is 2.54. The summed E-state index contributed by atoms with van der Waals surface area (Å²) in [5, 5.41) is 0. The van der Waals surface area contributed by atoms with E-state index in [-0.39, 0.29) is 0 Å². The summed E-state index contributed by atoms with van der Waals surface area (Å²) in [6.45, 7) is 2.31. The SMILES string of the molecule is CC12CC#CC1C2. The standard InChI is InChI=1S/C7H8/c1-7-4-2-3-6(7)5-7/h6H,4-5H2,1H3. The van der Waals surface area contributed by atoms with Crippen molar-refractivity contribution in [3.05, 3.63) is 0 Å². The van der Waals surface area contributed by atoms with Crippen LogP contribution in [0, 0.1) is 23.2 Å². The predicted octanol–water partition coefficient (Wildman–Crippen LogP) is 1.42. The first-order valence-electron chi connectivity index (χ1n) is 2.80. The van der Waals surface area contributed by atoms with Crippen LogP contribution in [0.4, 0.5) is 0 Å². The second kappa shape index (κ2) is 0.733. The molecule has 0 bridgehead atoms. The Bertz CT molecular complexity index is 159. The first-order valence-corrected chi connectivity index (χ1v) is 2.80. The summed E-state index contributed by atoms with van der Waals surface area (Å²) in [7, 11) is 0. The van der Waals surface area contributed by atoms with Crippen molar-refractivity contribution in [1.29, 1.82) is 0 Å². The van der Waals surface area contributed by atoms with Crippen molar-refractivity contribution in [3.8, 4) is 11.8 Å². The van der Waals surface area contributed by atoms with Gasteiger partial charge in [-0.2, -0.15) is 0 Å². The van der Waals surface area contributed by atoms with E-state index in [0.29, 0.717) is 5.41 Å². The molecular formula is C7H8. The van der Waals surface area contributed by atoms with E-state index < -0.39 is 0 Å². The molecule has 0 nitrogen and oxygen atoms in total. The van der Waals surface area contributed by atoms with E-state index in [2.05, 4.69) is 18.8 Å². The van der Waals surface area contributed by atoms with Gasteiger partial charge in [-0.3, -0.25) is 0 Å². The largest absolute Gasteiger partial charge is 0.102 e. The van der Waals surface area contributed by atoms with Crippen LogP contribution in [0.5, 0.6) is 0 Å². The van der Waals surface area contributed by atoms with Gasteiger partial charge in [0, 0.05) is 12.3 Å². The smallest absolute Gasteiger partial charge is 0.0272 e. The van der Waals surface area contributed by atoms with Gasteiger partial charge in [0.25, 0.3) is 0 Å². The number of hydrogen-bond donors (Lipinski definition) is 0. The molecule has 7 heavy (non-hydrogen) atoms. The summed E-state index contributed by atoms with van der Waals surface area (Å²) in [5.74, 6) is 7.09. The van der Waals surface area contributed by atoms with E-state index in [9.17, 15) is 0 Å². The van der Waals surface area contributed by atoms with Gasteiger partial charge in [0.15, 0.2) is 0 Å². The summed E-state index contributed by atoms with van der Waals surface area (Å²) in [4.78, 5) is 0. The lowest BCUT2D eigenvalue weighted by atomic mass is 10.1. The van der Waals surface area contributed by atoms with Gasteiger partial charge in [0.2, 0.25) is 0 Å². The van der Waals surface area contributed by atoms with Gasteiger partial charge in [-0.15, -0.1) is 5.92 Å². The third-order valence-corrected chi connectivity index (χ3v) is 2.12. The fourth-order valence-corrected chi connectivity index (χ4v) is 1.20. The van der Waals surface area contributed by atoms with Crippen LogP contribution in [0.3, 0.4) is 0 Å². The van der Waals surface area contributed by atoms with Crippen LogP contribution in [-0.2, 0) is 0 Å². The van der Waals surface area contributed by atoms with Gasteiger partial charge in [-0.05, 0) is 11.8 Å². The second-order valence-electron chi connectivity index (χ2n) is 2.91. The van der Waals surface area contributed by atoms with Crippen molar-refractivity contribution in [2.75, 3.05) is 0 Å². The lowest BCUT2D eigenvalue weighted by Crippen LogP contribution is -1.87. The lowest BCUT2D eigenvalue weighted by molar-refractivity contribution is 0.580. The van der Waals surface area contributed by atoms with Crippen molar-refractivity contribution >= 4 is 0 Å². The molecule has 0 heterocycles. The molecule has 0 N–H and O–H groups in total. The van der Waals surface area contributed by atoms with E-state index in [4.69, 9.17) is 0 Å². The van der Waals surface area contributed by atoms with E-state index >= 15 is 0 Å². The van der Waals surface area contributed by atoms with Crippen molar-refractivity contribution < 1.29 is 0 Å². The fraction of sp³-hybridized carbons (Fsp3) is 0.714. The highest BCUT2D eigenvalue weighted by Crippen LogP contribution is 2.56. The van der Waals surface area contributed by atoms with Gasteiger partial charge in [-0.25, -0.2) is 0 Å². The van der Waals surface area contributed by atoms with E-state index in [1.165, 1.54) is 6.42 Å².